The van der Waals surface area contributed by atoms with Crippen LogP contribution < -0.4 is 5.73 Å². The molecule has 2 unspecified atom stereocenters. The lowest BCUT2D eigenvalue weighted by molar-refractivity contribution is 0.350. The van der Waals surface area contributed by atoms with Gasteiger partial charge in [-0.2, -0.15) is 11.8 Å². The van der Waals surface area contributed by atoms with Gasteiger partial charge >= 0.3 is 0 Å². The average molecular weight is 239 g/mol. The van der Waals surface area contributed by atoms with Crippen molar-refractivity contribution in [3.05, 3.63) is 18.2 Å². The highest BCUT2D eigenvalue weighted by atomic mass is 32.2. The van der Waals surface area contributed by atoms with E-state index < -0.39 is 0 Å². The van der Waals surface area contributed by atoms with Crippen LogP contribution >= 0.6 is 11.8 Å². The van der Waals surface area contributed by atoms with Crippen molar-refractivity contribution in [3.8, 4) is 0 Å². The lowest BCUT2D eigenvalue weighted by atomic mass is 9.94. The molecule has 0 bridgehead atoms. The molecule has 1 aliphatic carbocycles. The summed E-state index contributed by atoms with van der Waals surface area (Å²) in [7, 11) is 0. The molecular formula is C12H21N3S. The van der Waals surface area contributed by atoms with E-state index in [0.717, 1.165) is 5.25 Å². The Labute approximate surface area is 102 Å². The summed E-state index contributed by atoms with van der Waals surface area (Å²) in [5.74, 6) is 0. The van der Waals surface area contributed by atoms with Crippen LogP contribution in [0.3, 0.4) is 0 Å². The summed E-state index contributed by atoms with van der Waals surface area (Å²) in [6, 6.07) is 0.687. The van der Waals surface area contributed by atoms with Crippen LogP contribution in [0.25, 0.3) is 0 Å². The van der Waals surface area contributed by atoms with Crippen LogP contribution in [0.2, 0.25) is 0 Å². The van der Waals surface area contributed by atoms with Gasteiger partial charge in [0.05, 0.1) is 12.0 Å². The first-order chi connectivity index (χ1) is 7.72. The first-order valence-electron chi connectivity index (χ1n) is 6.02. The highest BCUT2D eigenvalue weighted by Gasteiger charge is 2.24. The van der Waals surface area contributed by atoms with E-state index in [9.17, 15) is 0 Å². The fraction of sp³-hybridized carbons (Fsp3) is 0.750. The highest BCUT2D eigenvalue weighted by Crippen LogP contribution is 2.35. The molecule has 0 radical (unpaired) electrons. The van der Waals surface area contributed by atoms with Gasteiger partial charge in [-0.05, 0) is 32.4 Å². The Kier molecular flexibility index (Phi) is 3.92. The molecule has 0 aliphatic heterocycles. The molecule has 0 spiro atoms. The summed E-state index contributed by atoms with van der Waals surface area (Å²) < 4.78 is 2.30. The number of rotatable bonds is 3. The molecule has 16 heavy (non-hydrogen) atoms. The molecule has 0 saturated heterocycles. The number of nitrogens with two attached hydrogens (primary N) is 1. The number of thioether (sulfide) groups is 1. The van der Waals surface area contributed by atoms with Crippen molar-refractivity contribution in [1.29, 1.82) is 0 Å². The molecule has 3 atom stereocenters. The maximum atomic E-state index is 5.97. The fourth-order valence-corrected chi connectivity index (χ4v) is 3.38. The van der Waals surface area contributed by atoms with E-state index in [1.165, 1.54) is 31.4 Å². The molecule has 2 rings (SSSR count). The number of aromatic nitrogens is 2. The van der Waals surface area contributed by atoms with Crippen molar-refractivity contribution in [2.45, 2.75) is 49.9 Å². The van der Waals surface area contributed by atoms with E-state index in [-0.39, 0.29) is 6.04 Å². The Morgan fingerprint density at radius 2 is 2.38 bits per heavy atom. The minimum absolute atomic E-state index is 0.0807. The van der Waals surface area contributed by atoms with E-state index in [2.05, 4.69) is 15.8 Å². The molecule has 1 aromatic heterocycles. The summed E-state index contributed by atoms with van der Waals surface area (Å²) in [4.78, 5) is 4.25. The van der Waals surface area contributed by atoms with Gasteiger partial charge in [-0.25, -0.2) is 4.98 Å². The maximum Gasteiger partial charge on any atom is 0.0951 e. The van der Waals surface area contributed by atoms with Crippen molar-refractivity contribution in [2.75, 3.05) is 6.26 Å². The smallest absolute Gasteiger partial charge is 0.0951 e. The zero-order chi connectivity index (χ0) is 11.5. The predicted molar refractivity (Wildman–Crippen MR) is 69.6 cm³/mol. The normalized spacial score (nSPS) is 27.9. The zero-order valence-electron chi connectivity index (χ0n) is 10.1. The molecule has 1 heterocycles. The Balaban J connectivity index is 2.13. The van der Waals surface area contributed by atoms with Gasteiger partial charge in [0.2, 0.25) is 0 Å². The lowest BCUT2D eigenvalue weighted by Gasteiger charge is -2.30. The molecule has 1 saturated carbocycles. The first-order valence-corrected chi connectivity index (χ1v) is 7.31. The van der Waals surface area contributed by atoms with Crippen LogP contribution in [0.1, 0.15) is 50.4 Å². The summed E-state index contributed by atoms with van der Waals surface area (Å²) in [6.45, 7) is 2.03. The zero-order valence-corrected chi connectivity index (χ0v) is 10.9. The van der Waals surface area contributed by atoms with E-state index >= 15 is 0 Å². The third-order valence-corrected chi connectivity index (χ3v) is 4.58. The summed E-state index contributed by atoms with van der Waals surface area (Å²) in [5, 5.41) is 0.807. The van der Waals surface area contributed by atoms with Crippen molar-refractivity contribution in [3.63, 3.8) is 0 Å². The highest BCUT2D eigenvalue weighted by molar-refractivity contribution is 7.99. The summed E-state index contributed by atoms with van der Waals surface area (Å²) in [6.07, 6.45) is 11.3. The van der Waals surface area contributed by atoms with E-state index in [1.54, 1.807) is 0 Å². The van der Waals surface area contributed by atoms with Crippen molar-refractivity contribution in [2.24, 2.45) is 5.73 Å². The van der Waals surface area contributed by atoms with Crippen LogP contribution in [0, 0.1) is 0 Å². The second-order valence-corrected chi connectivity index (χ2v) is 5.83. The largest absolute Gasteiger partial charge is 0.330 e. The molecule has 1 fully saturated rings. The molecule has 4 heteroatoms. The molecule has 1 aliphatic rings. The van der Waals surface area contributed by atoms with Gasteiger partial charge in [-0.1, -0.05) is 6.42 Å². The number of hydrogen-bond donors (Lipinski definition) is 1. The Morgan fingerprint density at radius 3 is 3.06 bits per heavy atom. The Morgan fingerprint density at radius 1 is 1.56 bits per heavy atom. The molecule has 0 amide bonds. The van der Waals surface area contributed by atoms with Gasteiger partial charge in [0, 0.05) is 23.5 Å². The van der Waals surface area contributed by atoms with E-state index in [1.807, 2.05) is 31.2 Å². The average Bonchev–Trinajstić information content (AvgIpc) is 2.78. The van der Waals surface area contributed by atoms with Crippen LogP contribution in [0.15, 0.2) is 12.5 Å². The summed E-state index contributed by atoms with van der Waals surface area (Å²) in [5.41, 5.74) is 7.14. The van der Waals surface area contributed by atoms with Gasteiger partial charge in [0.25, 0.3) is 0 Å². The van der Waals surface area contributed by atoms with Crippen molar-refractivity contribution >= 4 is 11.8 Å². The van der Waals surface area contributed by atoms with Gasteiger partial charge in [0.1, 0.15) is 0 Å². The second-order valence-electron chi connectivity index (χ2n) is 4.69. The van der Waals surface area contributed by atoms with Crippen LogP contribution in [0.5, 0.6) is 0 Å². The van der Waals surface area contributed by atoms with Gasteiger partial charge in [0.15, 0.2) is 0 Å². The third-order valence-electron chi connectivity index (χ3n) is 3.49. The molecule has 90 valence electrons. The quantitative estimate of drug-likeness (QED) is 0.882. The lowest BCUT2D eigenvalue weighted by Crippen LogP contribution is -2.23. The molecular weight excluding hydrogens is 218 g/mol. The topological polar surface area (TPSA) is 43.8 Å². The molecule has 0 aromatic carbocycles. The monoisotopic (exact) mass is 239 g/mol. The summed E-state index contributed by atoms with van der Waals surface area (Å²) >= 11 is 2.00. The van der Waals surface area contributed by atoms with E-state index in [4.69, 9.17) is 5.73 Å². The van der Waals surface area contributed by atoms with Gasteiger partial charge in [-0.15, -0.1) is 0 Å². The van der Waals surface area contributed by atoms with E-state index in [0.29, 0.717) is 6.04 Å². The fourth-order valence-electron chi connectivity index (χ4n) is 2.56. The van der Waals surface area contributed by atoms with Crippen molar-refractivity contribution in [1.82, 2.24) is 9.55 Å². The van der Waals surface area contributed by atoms with Crippen molar-refractivity contribution < 1.29 is 0 Å². The van der Waals surface area contributed by atoms with Gasteiger partial charge in [-0.3, -0.25) is 0 Å². The minimum Gasteiger partial charge on any atom is -0.330 e. The third kappa shape index (κ3) is 2.43. The maximum absolute atomic E-state index is 5.97. The molecule has 1 aromatic rings. The second kappa shape index (κ2) is 5.23. The first kappa shape index (κ1) is 12.0. The Hall–Kier alpha value is -0.480. The SMILES string of the molecule is CSC1CCCC(n2cncc2[C@@H](C)N)C1. The van der Waals surface area contributed by atoms with Gasteiger partial charge < -0.3 is 10.3 Å². The number of nitrogens with zero attached hydrogens (tertiary/aromatic N) is 2. The number of hydrogen-bond acceptors (Lipinski definition) is 3. The molecule has 3 nitrogen and oxygen atoms in total. The van der Waals surface area contributed by atoms with Crippen LogP contribution in [-0.4, -0.2) is 21.1 Å². The van der Waals surface area contributed by atoms with Crippen LogP contribution in [0.4, 0.5) is 0 Å². The Bertz CT molecular complexity index is 335. The predicted octanol–water partition coefficient (Wildman–Crippen LogP) is 2.75. The molecule has 2 N–H and O–H groups in total. The standard InChI is InChI=1S/C12H21N3S/c1-9(13)12-7-14-8-15(12)10-4-3-5-11(6-10)16-2/h7-11H,3-6,13H2,1-2H3/t9-,10?,11?/m1/s1. The van der Waals surface area contributed by atoms with Crippen LogP contribution in [-0.2, 0) is 0 Å². The minimum atomic E-state index is 0.0807. The number of imidazole rings is 1.